The molecule has 1 aromatic rings. The smallest absolute Gasteiger partial charge is 0.328 e. The number of carbonyl (C=O) groups is 1. The minimum Gasteiger partial charge on any atom is -0.480 e. The van der Waals surface area contributed by atoms with Gasteiger partial charge in [0.05, 0.1) is 0 Å². The fourth-order valence-corrected chi connectivity index (χ4v) is 0.873. The molecule has 0 amide bonds. The van der Waals surface area contributed by atoms with Crippen LogP contribution in [0.2, 0.25) is 0 Å². The zero-order valence-corrected chi connectivity index (χ0v) is 6.78. The van der Waals surface area contributed by atoms with E-state index < -0.39 is 12.0 Å². The van der Waals surface area contributed by atoms with Gasteiger partial charge in [-0.2, -0.15) is 0 Å². The molecule has 1 aromatic heterocycles. The van der Waals surface area contributed by atoms with Gasteiger partial charge in [-0.3, -0.25) is 4.79 Å². The summed E-state index contributed by atoms with van der Waals surface area (Å²) in [6, 6.07) is 2.28. The lowest BCUT2D eigenvalue weighted by molar-refractivity contribution is -0.139. The van der Waals surface area contributed by atoms with E-state index in [1.165, 1.54) is 0 Å². The summed E-state index contributed by atoms with van der Waals surface area (Å²) in [5, 5.41) is 8.53. The van der Waals surface area contributed by atoms with E-state index in [-0.39, 0.29) is 0 Å². The van der Waals surface area contributed by atoms with E-state index in [1.807, 2.05) is 6.92 Å². The van der Waals surface area contributed by atoms with Gasteiger partial charge in [-0.25, -0.2) is 0 Å². The molecule has 0 saturated heterocycles. The van der Waals surface area contributed by atoms with Crippen molar-refractivity contribution in [2.45, 2.75) is 19.4 Å². The van der Waals surface area contributed by atoms with E-state index in [4.69, 9.17) is 15.3 Å². The number of carboxylic acid groups (broad SMARTS) is 1. The SMILES string of the molecule is CCc1ccc([C@@H](N)C(=O)O)o1. The maximum absolute atomic E-state index is 10.4. The minimum absolute atomic E-state index is 0.305. The number of carboxylic acids is 1. The topological polar surface area (TPSA) is 76.5 Å². The van der Waals surface area contributed by atoms with Gasteiger partial charge in [-0.05, 0) is 12.1 Å². The summed E-state index contributed by atoms with van der Waals surface area (Å²) in [4.78, 5) is 10.4. The molecule has 0 unspecified atom stereocenters. The fraction of sp³-hybridized carbons (Fsp3) is 0.375. The highest BCUT2D eigenvalue weighted by atomic mass is 16.4. The van der Waals surface area contributed by atoms with E-state index in [0.29, 0.717) is 5.76 Å². The molecule has 0 fully saturated rings. The van der Waals surface area contributed by atoms with E-state index in [9.17, 15) is 4.79 Å². The summed E-state index contributed by atoms with van der Waals surface area (Å²) in [7, 11) is 0. The first-order chi connectivity index (χ1) is 5.65. The highest BCUT2D eigenvalue weighted by Gasteiger charge is 2.17. The summed E-state index contributed by atoms with van der Waals surface area (Å²) in [6.07, 6.45) is 0.742. The van der Waals surface area contributed by atoms with Gasteiger partial charge in [-0.1, -0.05) is 6.92 Å². The molecule has 4 nitrogen and oxygen atoms in total. The van der Waals surface area contributed by atoms with Crippen LogP contribution in [0, 0.1) is 0 Å². The van der Waals surface area contributed by atoms with Gasteiger partial charge in [0.25, 0.3) is 0 Å². The van der Waals surface area contributed by atoms with Crippen LogP contribution in [0.1, 0.15) is 24.5 Å². The molecule has 1 atom stereocenters. The van der Waals surface area contributed by atoms with Gasteiger partial charge in [-0.15, -0.1) is 0 Å². The Morgan fingerprint density at radius 2 is 2.42 bits per heavy atom. The maximum atomic E-state index is 10.4. The van der Waals surface area contributed by atoms with E-state index in [0.717, 1.165) is 12.2 Å². The van der Waals surface area contributed by atoms with Crippen molar-refractivity contribution in [2.24, 2.45) is 5.73 Å². The van der Waals surface area contributed by atoms with Crippen LogP contribution in [-0.4, -0.2) is 11.1 Å². The normalized spacial score (nSPS) is 12.8. The molecule has 0 aliphatic rings. The Bertz CT molecular complexity index is 280. The predicted molar refractivity (Wildman–Crippen MR) is 42.7 cm³/mol. The molecular formula is C8H11NO3. The zero-order valence-electron chi connectivity index (χ0n) is 6.78. The second kappa shape index (κ2) is 3.40. The van der Waals surface area contributed by atoms with Crippen molar-refractivity contribution in [1.29, 1.82) is 0 Å². The van der Waals surface area contributed by atoms with Crippen LogP contribution in [-0.2, 0) is 11.2 Å². The van der Waals surface area contributed by atoms with Gasteiger partial charge in [0.2, 0.25) is 0 Å². The number of aryl methyl sites for hydroxylation is 1. The van der Waals surface area contributed by atoms with Crippen LogP contribution in [0.25, 0.3) is 0 Å². The second-order valence-corrected chi connectivity index (χ2v) is 2.47. The summed E-state index contributed by atoms with van der Waals surface area (Å²) in [6.45, 7) is 1.93. The van der Waals surface area contributed by atoms with Crippen molar-refractivity contribution >= 4 is 5.97 Å². The lowest BCUT2D eigenvalue weighted by Crippen LogP contribution is -2.19. The van der Waals surface area contributed by atoms with Crippen LogP contribution in [0.4, 0.5) is 0 Å². The first kappa shape index (κ1) is 8.80. The first-order valence-electron chi connectivity index (χ1n) is 3.72. The summed E-state index contributed by atoms with van der Waals surface area (Å²) in [5.41, 5.74) is 5.31. The Hall–Kier alpha value is -1.29. The van der Waals surface area contributed by atoms with Gasteiger partial charge in [0.1, 0.15) is 11.5 Å². The molecule has 3 N–H and O–H groups in total. The lowest BCUT2D eigenvalue weighted by atomic mass is 10.2. The Morgan fingerprint density at radius 3 is 2.83 bits per heavy atom. The zero-order chi connectivity index (χ0) is 9.14. The van der Waals surface area contributed by atoms with Crippen molar-refractivity contribution in [3.05, 3.63) is 23.7 Å². The van der Waals surface area contributed by atoms with Crippen molar-refractivity contribution in [3.63, 3.8) is 0 Å². The van der Waals surface area contributed by atoms with Gasteiger partial charge < -0.3 is 15.3 Å². The van der Waals surface area contributed by atoms with Crippen LogP contribution < -0.4 is 5.73 Å². The molecule has 0 radical (unpaired) electrons. The Morgan fingerprint density at radius 1 is 1.75 bits per heavy atom. The highest BCUT2D eigenvalue weighted by Crippen LogP contribution is 2.14. The molecule has 4 heteroatoms. The largest absolute Gasteiger partial charge is 0.480 e. The number of nitrogens with two attached hydrogens (primary N) is 1. The summed E-state index contributed by atoms with van der Waals surface area (Å²) < 4.78 is 5.15. The third kappa shape index (κ3) is 1.65. The Balaban J connectivity index is 2.81. The van der Waals surface area contributed by atoms with Crippen LogP contribution >= 0.6 is 0 Å². The molecule has 0 spiro atoms. The molecule has 1 rings (SSSR count). The van der Waals surface area contributed by atoms with Crippen molar-refractivity contribution in [1.82, 2.24) is 0 Å². The molecule has 66 valence electrons. The van der Waals surface area contributed by atoms with E-state index >= 15 is 0 Å². The molecule has 0 aliphatic heterocycles. The van der Waals surface area contributed by atoms with E-state index in [1.54, 1.807) is 12.1 Å². The number of hydrogen-bond acceptors (Lipinski definition) is 3. The third-order valence-electron chi connectivity index (χ3n) is 1.60. The molecule has 0 aliphatic carbocycles. The minimum atomic E-state index is -1.08. The average molecular weight is 169 g/mol. The monoisotopic (exact) mass is 169 g/mol. The molecule has 12 heavy (non-hydrogen) atoms. The summed E-state index contributed by atoms with van der Waals surface area (Å²) in [5.74, 6) is -0.0203. The van der Waals surface area contributed by atoms with E-state index in [2.05, 4.69) is 0 Å². The summed E-state index contributed by atoms with van der Waals surface area (Å²) >= 11 is 0. The molecule has 0 bridgehead atoms. The van der Waals surface area contributed by atoms with Crippen molar-refractivity contribution in [2.75, 3.05) is 0 Å². The molecule has 0 aromatic carbocycles. The molecule has 1 heterocycles. The maximum Gasteiger partial charge on any atom is 0.328 e. The van der Waals surface area contributed by atoms with Crippen LogP contribution in [0.15, 0.2) is 16.5 Å². The Labute approximate surface area is 70.0 Å². The van der Waals surface area contributed by atoms with Crippen LogP contribution in [0.5, 0.6) is 0 Å². The highest BCUT2D eigenvalue weighted by molar-refractivity contribution is 5.74. The first-order valence-corrected chi connectivity index (χ1v) is 3.72. The molecule has 0 saturated carbocycles. The van der Waals surface area contributed by atoms with Gasteiger partial charge in [0, 0.05) is 6.42 Å². The molecular weight excluding hydrogens is 158 g/mol. The number of rotatable bonds is 3. The van der Waals surface area contributed by atoms with Crippen molar-refractivity contribution in [3.8, 4) is 0 Å². The lowest BCUT2D eigenvalue weighted by Gasteiger charge is -2.00. The van der Waals surface area contributed by atoms with Gasteiger partial charge in [0.15, 0.2) is 6.04 Å². The second-order valence-electron chi connectivity index (χ2n) is 2.47. The average Bonchev–Trinajstić information content (AvgIpc) is 2.50. The standard InChI is InChI=1S/C8H11NO3/c1-2-5-3-4-6(12-5)7(9)8(10)11/h3-4,7H,2,9H2,1H3,(H,10,11)/t7-/m1/s1. The third-order valence-corrected chi connectivity index (χ3v) is 1.60. The Kier molecular flexibility index (Phi) is 2.50. The van der Waals surface area contributed by atoms with Crippen LogP contribution in [0.3, 0.4) is 0 Å². The fourth-order valence-electron chi connectivity index (χ4n) is 0.873. The van der Waals surface area contributed by atoms with Gasteiger partial charge >= 0.3 is 5.97 Å². The number of hydrogen-bond donors (Lipinski definition) is 2. The van der Waals surface area contributed by atoms with Crippen molar-refractivity contribution < 1.29 is 14.3 Å². The number of furan rings is 1. The quantitative estimate of drug-likeness (QED) is 0.705. The number of aliphatic carboxylic acids is 1. The predicted octanol–water partition coefficient (Wildman–Crippen LogP) is 0.926.